The average molecular weight is 262 g/mol. The van der Waals surface area contributed by atoms with E-state index in [2.05, 4.69) is 20.6 Å². The molecule has 1 aromatic heterocycles. The largest absolute Gasteiger partial charge is 0.335 e. The maximum atomic E-state index is 12.1. The van der Waals surface area contributed by atoms with Gasteiger partial charge in [-0.25, -0.2) is 4.98 Å². The Morgan fingerprint density at radius 1 is 0.750 bits per heavy atom. The van der Waals surface area contributed by atoms with Crippen LogP contribution >= 0.6 is 0 Å². The zero-order valence-electron chi connectivity index (χ0n) is 10.4. The lowest BCUT2D eigenvalue weighted by atomic mass is 10.2. The van der Waals surface area contributed by atoms with Gasteiger partial charge in [0.1, 0.15) is 0 Å². The van der Waals surface area contributed by atoms with Crippen LogP contribution in [-0.2, 0) is 0 Å². The second kappa shape index (κ2) is 4.03. The summed E-state index contributed by atoms with van der Waals surface area (Å²) in [4.78, 5) is 20.8. The van der Waals surface area contributed by atoms with Crippen molar-refractivity contribution in [3.63, 3.8) is 0 Å². The van der Waals surface area contributed by atoms with Crippen molar-refractivity contribution in [2.75, 3.05) is 10.6 Å². The van der Waals surface area contributed by atoms with Crippen molar-refractivity contribution in [2.24, 2.45) is 0 Å². The van der Waals surface area contributed by atoms with Gasteiger partial charge in [0, 0.05) is 0 Å². The van der Waals surface area contributed by atoms with Crippen LogP contribution in [0.4, 0.5) is 23.0 Å². The number of fused-ring (bicyclic) bond motifs is 3. The molecule has 1 aliphatic heterocycles. The Kier molecular flexibility index (Phi) is 2.20. The Balaban J connectivity index is 2.02. The molecule has 0 saturated heterocycles. The van der Waals surface area contributed by atoms with Crippen LogP contribution in [0.15, 0.2) is 53.3 Å². The summed E-state index contributed by atoms with van der Waals surface area (Å²) < 4.78 is 0. The molecule has 20 heavy (non-hydrogen) atoms. The predicted molar refractivity (Wildman–Crippen MR) is 78.8 cm³/mol. The average Bonchev–Trinajstić information content (AvgIpc) is 2.61. The van der Waals surface area contributed by atoms with Gasteiger partial charge >= 0.3 is 0 Å². The van der Waals surface area contributed by atoms with E-state index in [1.54, 1.807) is 12.1 Å². The summed E-state index contributed by atoms with van der Waals surface area (Å²) in [5.74, 6) is 1.01. The van der Waals surface area contributed by atoms with Gasteiger partial charge in [0.2, 0.25) is 0 Å². The van der Waals surface area contributed by atoms with Gasteiger partial charge in [-0.1, -0.05) is 24.3 Å². The molecule has 0 bridgehead atoms. The Morgan fingerprint density at radius 2 is 1.35 bits per heavy atom. The molecule has 0 amide bonds. The first-order chi connectivity index (χ1) is 9.81. The normalized spacial score (nSPS) is 12.0. The van der Waals surface area contributed by atoms with E-state index in [4.69, 9.17) is 0 Å². The third-order valence-electron chi connectivity index (χ3n) is 3.24. The molecule has 0 radical (unpaired) electrons. The second-order valence-corrected chi connectivity index (χ2v) is 4.54. The van der Waals surface area contributed by atoms with Crippen LogP contribution in [-0.4, -0.2) is 9.97 Å². The van der Waals surface area contributed by atoms with Gasteiger partial charge < -0.3 is 10.6 Å². The molecule has 0 atom stereocenters. The number of anilines is 4. The maximum absolute atomic E-state index is 12.1. The van der Waals surface area contributed by atoms with Crippen molar-refractivity contribution >= 4 is 33.9 Å². The van der Waals surface area contributed by atoms with Crippen molar-refractivity contribution in [1.82, 2.24) is 9.97 Å². The van der Waals surface area contributed by atoms with E-state index in [1.165, 1.54) is 0 Å². The van der Waals surface area contributed by atoms with E-state index in [0.717, 1.165) is 11.4 Å². The van der Waals surface area contributed by atoms with Gasteiger partial charge in [-0.3, -0.25) is 4.79 Å². The molecule has 0 spiro atoms. The Bertz CT molecular complexity index is 892. The molecule has 96 valence electrons. The highest BCUT2D eigenvalue weighted by Crippen LogP contribution is 2.34. The van der Waals surface area contributed by atoms with Crippen molar-refractivity contribution in [3.8, 4) is 0 Å². The lowest BCUT2D eigenvalue weighted by Crippen LogP contribution is -2.10. The summed E-state index contributed by atoms with van der Waals surface area (Å²) in [6.07, 6.45) is 0. The van der Waals surface area contributed by atoms with Gasteiger partial charge in [0.25, 0.3) is 5.56 Å². The number of rotatable bonds is 0. The van der Waals surface area contributed by atoms with Gasteiger partial charge in [-0.15, -0.1) is 0 Å². The number of para-hydroxylation sites is 3. The predicted octanol–water partition coefficient (Wildman–Crippen LogP) is 2.79. The Hall–Kier alpha value is -2.95. The highest BCUT2D eigenvalue weighted by molar-refractivity contribution is 5.89. The third kappa shape index (κ3) is 1.60. The molecule has 4 rings (SSSR count). The van der Waals surface area contributed by atoms with Crippen LogP contribution in [0.25, 0.3) is 10.9 Å². The molecular formula is C15H10N4O. The molecule has 1 aliphatic rings. The van der Waals surface area contributed by atoms with Crippen LogP contribution in [0, 0.1) is 0 Å². The van der Waals surface area contributed by atoms with Crippen molar-refractivity contribution in [3.05, 3.63) is 58.9 Å². The molecule has 2 N–H and O–H groups in total. The summed E-state index contributed by atoms with van der Waals surface area (Å²) >= 11 is 0. The molecule has 2 aromatic carbocycles. The highest BCUT2D eigenvalue weighted by Gasteiger charge is 2.16. The summed E-state index contributed by atoms with van der Waals surface area (Å²) in [7, 11) is 0. The molecule has 2 heterocycles. The van der Waals surface area contributed by atoms with Crippen molar-refractivity contribution in [1.29, 1.82) is 0 Å². The molecule has 0 fully saturated rings. The highest BCUT2D eigenvalue weighted by atomic mass is 16.1. The number of nitrogens with zero attached hydrogens (tertiary/aromatic N) is 2. The molecule has 0 saturated carbocycles. The fraction of sp³-hybridized carbons (Fsp3) is 0. The summed E-state index contributed by atoms with van der Waals surface area (Å²) in [6.45, 7) is 0. The van der Waals surface area contributed by atoms with E-state index in [-0.39, 0.29) is 5.56 Å². The summed E-state index contributed by atoms with van der Waals surface area (Å²) in [6, 6.07) is 14.9. The van der Waals surface area contributed by atoms with E-state index in [9.17, 15) is 4.79 Å². The quantitative estimate of drug-likeness (QED) is 0.510. The first kappa shape index (κ1) is 10.9. The molecule has 5 nitrogen and oxygen atoms in total. The summed E-state index contributed by atoms with van der Waals surface area (Å²) in [5, 5.41) is 6.85. The fourth-order valence-electron chi connectivity index (χ4n) is 2.27. The minimum absolute atomic E-state index is 0.289. The zero-order chi connectivity index (χ0) is 13.5. The van der Waals surface area contributed by atoms with Gasteiger partial charge in [-0.05, 0) is 24.3 Å². The molecule has 5 heteroatoms. The van der Waals surface area contributed by atoms with Gasteiger partial charge in [0.15, 0.2) is 11.6 Å². The molecule has 0 aliphatic carbocycles. The molecule has 3 aromatic rings. The lowest BCUT2D eigenvalue weighted by molar-refractivity contribution is 1.24. The minimum atomic E-state index is -0.289. The van der Waals surface area contributed by atoms with E-state index in [0.29, 0.717) is 22.5 Å². The zero-order valence-corrected chi connectivity index (χ0v) is 10.4. The third-order valence-corrected chi connectivity index (χ3v) is 3.24. The minimum Gasteiger partial charge on any atom is -0.335 e. The first-order valence-corrected chi connectivity index (χ1v) is 6.25. The van der Waals surface area contributed by atoms with E-state index >= 15 is 0 Å². The lowest BCUT2D eigenvalue weighted by Gasteiger charge is -2.18. The smallest absolute Gasteiger partial charge is 0.281 e. The second-order valence-electron chi connectivity index (χ2n) is 4.54. The van der Waals surface area contributed by atoms with Crippen LogP contribution in [0.3, 0.4) is 0 Å². The standard InChI is InChI=1S/C15H10N4O/c20-15-9-5-1-2-6-10(9)16-13-14(19-15)18-12-8-4-3-7-11(12)17-13/h1-8H,(H,16,17)(H,18,19,20). The van der Waals surface area contributed by atoms with Crippen LogP contribution in [0.5, 0.6) is 0 Å². The number of aromatic nitrogens is 2. The number of benzene rings is 2. The molecule has 0 unspecified atom stereocenters. The van der Waals surface area contributed by atoms with Crippen molar-refractivity contribution < 1.29 is 0 Å². The Labute approximate surface area is 114 Å². The topological polar surface area (TPSA) is 66.9 Å². The number of hydrogen-bond acceptors (Lipinski definition) is 5. The SMILES string of the molecule is O=c1nc2c(nc3ccccc13)Nc1ccccc1N2. The van der Waals surface area contributed by atoms with Crippen LogP contribution < -0.4 is 16.2 Å². The number of nitrogens with one attached hydrogen (secondary N) is 2. The van der Waals surface area contributed by atoms with Gasteiger partial charge in [0.05, 0.1) is 22.3 Å². The molecular weight excluding hydrogens is 252 g/mol. The summed E-state index contributed by atoms with van der Waals surface area (Å²) in [5.41, 5.74) is 2.13. The first-order valence-electron chi connectivity index (χ1n) is 6.25. The van der Waals surface area contributed by atoms with Gasteiger partial charge in [-0.2, -0.15) is 4.98 Å². The van der Waals surface area contributed by atoms with Crippen LogP contribution in [0.1, 0.15) is 0 Å². The van der Waals surface area contributed by atoms with E-state index in [1.807, 2.05) is 36.4 Å². The fourth-order valence-corrected chi connectivity index (χ4v) is 2.27. The Morgan fingerprint density at radius 3 is 2.10 bits per heavy atom. The maximum Gasteiger partial charge on any atom is 0.281 e. The monoisotopic (exact) mass is 262 g/mol. The van der Waals surface area contributed by atoms with Crippen molar-refractivity contribution in [2.45, 2.75) is 0 Å². The van der Waals surface area contributed by atoms with Crippen LogP contribution in [0.2, 0.25) is 0 Å². The van der Waals surface area contributed by atoms with E-state index < -0.39 is 0 Å². The number of hydrogen-bond donors (Lipinski definition) is 2.